The molecule has 1 aliphatic rings. The molecule has 5 nitrogen and oxygen atoms in total. The van der Waals surface area contributed by atoms with Crippen molar-refractivity contribution in [3.05, 3.63) is 58.9 Å². The van der Waals surface area contributed by atoms with Crippen molar-refractivity contribution >= 4 is 28.3 Å². The molecule has 0 aliphatic carbocycles. The normalized spacial score (nSPS) is 15.0. The van der Waals surface area contributed by atoms with Crippen molar-refractivity contribution in [3.63, 3.8) is 0 Å². The first kappa shape index (κ1) is 18.3. The van der Waals surface area contributed by atoms with Gasteiger partial charge in [0.2, 0.25) is 0 Å². The zero-order valence-electron chi connectivity index (χ0n) is 15.9. The molecule has 1 aliphatic heterocycles. The average Bonchev–Trinajstić information content (AvgIpc) is 2.97. The number of aryl methyl sites for hydroxylation is 1. The van der Waals surface area contributed by atoms with Gasteiger partial charge >= 0.3 is 0 Å². The molecule has 1 fully saturated rings. The van der Waals surface area contributed by atoms with Crippen LogP contribution in [0.4, 0.5) is 5.69 Å². The zero-order chi connectivity index (χ0) is 18.8. The van der Waals surface area contributed by atoms with E-state index in [1.165, 1.54) is 11.3 Å². The fourth-order valence-electron chi connectivity index (χ4n) is 3.71. The predicted molar refractivity (Wildman–Crippen MR) is 110 cm³/mol. The van der Waals surface area contributed by atoms with E-state index in [1.54, 1.807) is 0 Å². The topological polar surface area (TPSA) is 33.5 Å². The molecule has 2 heterocycles. The first-order valence-corrected chi connectivity index (χ1v) is 9.69. The lowest BCUT2D eigenvalue weighted by Gasteiger charge is -2.31. The van der Waals surface area contributed by atoms with Gasteiger partial charge in [-0.1, -0.05) is 29.8 Å². The Morgan fingerprint density at radius 2 is 1.89 bits per heavy atom. The van der Waals surface area contributed by atoms with Crippen molar-refractivity contribution in [2.24, 2.45) is 7.05 Å². The van der Waals surface area contributed by atoms with E-state index >= 15 is 0 Å². The van der Waals surface area contributed by atoms with Crippen molar-refractivity contribution in [3.8, 4) is 0 Å². The molecule has 2 aromatic carbocycles. The number of ether oxygens (including phenoxy) is 1. The van der Waals surface area contributed by atoms with Crippen LogP contribution in [0.15, 0.2) is 42.5 Å². The summed E-state index contributed by atoms with van der Waals surface area (Å²) in [6, 6.07) is 14.5. The lowest BCUT2D eigenvalue weighted by atomic mass is 10.1. The highest BCUT2D eigenvalue weighted by atomic mass is 35.5. The summed E-state index contributed by atoms with van der Waals surface area (Å²) in [4.78, 5) is 9.50. The monoisotopic (exact) mass is 384 g/mol. The lowest BCUT2D eigenvalue weighted by molar-refractivity contribution is 0.122. The highest BCUT2D eigenvalue weighted by Gasteiger charge is 2.16. The number of morpholine rings is 1. The van der Waals surface area contributed by atoms with Gasteiger partial charge in [-0.15, -0.1) is 0 Å². The summed E-state index contributed by atoms with van der Waals surface area (Å²) >= 11 is 6.11. The van der Waals surface area contributed by atoms with Crippen LogP contribution < -0.4 is 4.90 Å². The molecular formula is C21H25ClN4O. The highest BCUT2D eigenvalue weighted by molar-refractivity contribution is 6.31. The number of rotatable bonds is 5. The number of aromatic nitrogens is 2. The van der Waals surface area contributed by atoms with Crippen LogP contribution in [0.3, 0.4) is 0 Å². The summed E-state index contributed by atoms with van der Waals surface area (Å²) in [7, 11) is 4.20. The highest BCUT2D eigenvalue weighted by Crippen LogP contribution is 2.24. The van der Waals surface area contributed by atoms with Gasteiger partial charge in [0.05, 0.1) is 30.8 Å². The predicted octanol–water partition coefficient (Wildman–Crippen LogP) is 3.70. The van der Waals surface area contributed by atoms with Gasteiger partial charge in [0, 0.05) is 37.4 Å². The maximum Gasteiger partial charge on any atom is 0.123 e. The van der Waals surface area contributed by atoms with Gasteiger partial charge in [0.1, 0.15) is 5.82 Å². The van der Waals surface area contributed by atoms with Gasteiger partial charge in [0.25, 0.3) is 0 Å². The van der Waals surface area contributed by atoms with Gasteiger partial charge in [0.15, 0.2) is 0 Å². The second kappa shape index (κ2) is 7.89. The van der Waals surface area contributed by atoms with E-state index in [2.05, 4.69) is 52.7 Å². The van der Waals surface area contributed by atoms with E-state index in [9.17, 15) is 0 Å². The molecule has 0 bridgehead atoms. The second-order valence-corrected chi connectivity index (χ2v) is 7.56. The van der Waals surface area contributed by atoms with E-state index < -0.39 is 0 Å². The third-order valence-corrected chi connectivity index (χ3v) is 5.37. The average molecular weight is 385 g/mol. The van der Waals surface area contributed by atoms with E-state index in [0.717, 1.165) is 61.3 Å². The summed E-state index contributed by atoms with van der Waals surface area (Å²) < 4.78 is 7.65. The molecule has 3 aromatic rings. The maximum atomic E-state index is 6.11. The van der Waals surface area contributed by atoms with Crippen molar-refractivity contribution in [1.29, 1.82) is 0 Å². The van der Waals surface area contributed by atoms with E-state index in [1.807, 2.05) is 18.2 Å². The summed E-state index contributed by atoms with van der Waals surface area (Å²) in [5, 5.41) is 0.722. The Kier molecular flexibility index (Phi) is 5.34. The number of imidazole rings is 1. The van der Waals surface area contributed by atoms with Gasteiger partial charge in [-0.2, -0.15) is 0 Å². The van der Waals surface area contributed by atoms with Crippen molar-refractivity contribution in [2.45, 2.75) is 13.1 Å². The molecule has 0 atom stereocenters. The van der Waals surface area contributed by atoms with Crippen LogP contribution in [-0.2, 0) is 24.9 Å². The minimum Gasteiger partial charge on any atom is -0.378 e. The molecule has 4 rings (SSSR count). The van der Waals surface area contributed by atoms with Crippen LogP contribution in [0.25, 0.3) is 11.0 Å². The largest absolute Gasteiger partial charge is 0.378 e. The first-order valence-electron chi connectivity index (χ1n) is 9.32. The smallest absolute Gasteiger partial charge is 0.123 e. The number of para-hydroxylation sites is 1. The Hall–Kier alpha value is -2.08. The van der Waals surface area contributed by atoms with Crippen molar-refractivity contribution in [1.82, 2.24) is 14.5 Å². The van der Waals surface area contributed by atoms with Crippen LogP contribution in [0.2, 0.25) is 5.02 Å². The number of nitrogens with zero attached hydrogens (tertiary/aromatic N) is 4. The summed E-state index contributed by atoms with van der Waals surface area (Å²) in [5.74, 6) is 1.04. The molecule has 0 radical (unpaired) electrons. The Morgan fingerprint density at radius 1 is 1.11 bits per heavy atom. The van der Waals surface area contributed by atoms with Gasteiger partial charge in [-0.25, -0.2) is 4.98 Å². The van der Waals surface area contributed by atoms with E-state index in [0.29, 0.717) is 0 Å². The first-order chi connectivity index (χ1) is 13.1. The number of benzene rings is 2. The number of halogens is 1. The summed E-state index contributed by atoms with van der Waals surface area (Å²) in [6.07, 6.45) is 0. The SMILES string of the molecule is CN(Cc1ccccc1N1CCOCC1)Cc1nc2cc(Cl)ccc2n1C. The number of fused-ring (bicyclic) bond motifs is 1. The van der Waals surface area contributed by atoms with Crippen LogP contribution in [-0.4, -0.2) is 47.8 Å². The lowest BCUT2D eigenvalue weighted by Crippen LogP contribution is -2.37. The third-order valence-electron chi connectivity index (χ3n) is 5.13. The molecule has 0 unspecified atom stereocenters. The fourth-order valence-corrected chi connectivity index (χ4v) is 3.88. The van der Waals surface area contributed by atoms with Crippen LogP contribution in [0.5, 0.6) is 0 Å². The third kappa shape index (κ3) is 3.95. The van der Waals surface area contributed by atoms with E-state index in [4.69, 9.17) is 21.3 Å². The van der Waals surface area contributed by atoms with Gasteiger partial charge in [-0.05, 0) is 36.9 Å². The molecule has 142 valence electrons. The fraction of sp³-hybridized carbons (Fsp3) is 0.381. The Bertz CT molecular complexity index is 933. The Balaban J connectivity index is 1.52. The number of anilines is 1. The summed E-state index contributed by atoms with van der Waals surface area (Å²) in [5.41, 5.74) is 4.70. The number of hydrogen-bond acceptors (Lipinski definition) is 4. The maximum absolute atomic E-state index is 6.11. The Morgan fingerprint density at radius 3 is 2.70 bits per heavy atom. The molecule has 0 saturated carbocycles. The quantitative estimate of drug-likeness (QED) is 0.671. The van der Waals surface area contributed by atoms with Gasteiger partial charge < -0.3 is 14.2 Å². The molecule has 1 aromatic heterocycles. The zero-order valence-corrected chi connectivity index (χ0v) is 16.6. The van der Waals surface area contributed by atoms with Crippen LogP contribution in [0, 0.1) is 0 Å². The van der Waals surface area contributed by atoms with Gasteiger partial charge in [-0.3, -0.25) is 4.90 Å². The minimum absolute atomic E-state index is 0.722. The number of hydrogen-bond donors (Lipinski definition) is 0. The van der Waals surface area contributed by atoms with Crippen molar-refractivity contribution in [2.75, 3.05) is 38.3 Å². The summed E-state index contributed by atoms with van der Waals surface area (Å²) in [6.45, 7) is 5.15. The Labute approximate surface area is 165 Å². The second-order valence-electron chi connectivity index (χ2n) is 7.12. The molecule has 0 amide bonds. The standard InChI is InChI=1S/C21H25ClN4O/c1-24(15-21-23-18-13-17(22)7-8-20(18)25(21)2)14-16-5-3-4-6-19(16)26-9-11-27-12-10-26/h3-8,13H,9-12,14-15H2,1-2H3. The minimum atomic E-state index is 0.722. The molecule has 6 heteroatoms. The van der Waals surface area contributed by atoms with Crippen molar-refractivity contribution < 1.29 is 4.74 Å². The van der Waals surface area contributed by atoms with Crippen LogP contribution in [0.1, 0.15) is 11.4 Å². The molecule has 1 saturated heterocycles. The molecule has 0 spiro atoms. The molecule has 0 N–H and O–H groups in total. The van der Waals surface area contributed by atoms with Crippen LogP contribution >= 0.6 is 11.6 Å². The molecular weight excluding hydrogens is 360 g/mol. The van der Waals surface area contributed by atoms with E-state index in [-0.39, 0.29) is 0 Å². The molecule has 27 heavy (non-hydrogen) atoms.